The maximum Gasteiger partial charge on any atom is 0.255 e. The molecular weight excluding hydrogens is 458 g/mol. The van der Waals surface area contributed by atoms with E-state index in [1.807, 2.05) is 6.07 Å². The standard InChI is InChI=1S/C20H18BrN3O4S/c1-27-16-7-13(8-17(28-2)18(16)21)20(26)24-11-29-10-15(24)19(25)23-14-5-3-12(9-22)4-6-14/h3-8,15H,10-11H2,1-2H3,(H,23,25). The highest BCUT2D eigenvalue weighted by Gasteiger charge is 2.35. The molecule has 0 aliphatic carbocycles. The van der Waals surface area contributed by atoms with Gasteiger partial charge in [0.15, 0.2) is 0 Å². The van der Waals surface area contributed by atoms with Crippen molar-refractivity contribution >= 4 is 45.2 Å². The Kier molecular flexibility index (Phi) is 6.67. The Morgan fingerprint density at radius 1 is 1.21 bits per heavy atom. The average Bonchev–Trinajstić information content (AvgIpc) is 3.24. The van der Waals surface area contributed by atoms with Crippen LogP contribution in [-0.2, 0) is 4.79 Å². The normalized spacial score (nSPS) is 15.5. The van der Waals surface area contributed by atoms with E-state index in [2.05, 4.69) is 21.2 Å². The van der Waals surface area contributed by atoms with Crippen molar-refractivity contribution in [2.75, 3.05) is 31.2 Å². The summed E-state index contributed by atoms with van der Waals surface area (Å²) in [4.78, 5) is 27.4. The van der Waals surface area contributed by atoms with Gasteiger partial charge in [-0.15, -0.1) is 11.8 Å². The Balaban J connectivity index is 1.80. The van der Waals surface area contributed by atoms with Crippen LogP contribution in [-0.4, -0.2) is 48.6 Å². The molecular formula is C20H18BrN3O4S. The van der Waals surface area contributed by atoms with Gasteiger partial charge < -0.3 is 19.7 Å². The van der Waals surface area contributed by atoms with E-state index in [0.717, 1.165) is 0 Å². The molecule has 7 nitrogen and oxygen atoms in total. The van der Waals surface area contributed by atoms with Gasteiger partial charge >= 0.3 is 0 Å². The number of carbonyl (C=O) groups excluding carboxylic acids is 2. The lowest BCUT2D eigenvalue weighted by Crippen LogP contribution is -2.44. The van der Waals surface area contributed by atoms with E-state index < -0.39 is 6.04 Å². The molecule has 1 atom stereocenters. The summed E-state index contributed by atoms with van der Waals surface area (Å²) >= 11 is 4.90. The zero-order valence-corrected chi connectivity index (χ0v) is 18.2. The maximum atomic E-state index is 13.1. The van der Waals surface area contributed by atoms with Gasteiger partial charge in [0.2, 0.25) is 5.91 Å². The first-order chi connectivity index (χ1) is 14.0. The summed E-state index contributed by atoms with van der Waals surface area (Å²) in [7, 11) is 3.01. The summed E-state index contributed by atoms with van der Waals surface area (Å²) in [5.74, 6) is 1.29. The van der Waals surface area contributed by atoms with Crippen LogP contribution in [0.1, 0.15) is 15.9 Å². The molecule has 3 rings (SSSR count). The molecule has 1 N–H and O–H groups in total. The average molecular weight is 476 g/mol. The first-order valence-corrected chi connectivity index (χ1v) is 10.5. The number of halogens is 1. The van der Waals surface area contributed by atoms with Gasteiger partial charge in [0.1, 0.15) is 22.0 Å². The molecule has 150 valence electrons. The minimum Gasteiger partial charge on any atom is -0.495 e. The molecule has 2 aromatic carbocycles. The lowest BCUT2D eigenvalue weighted by atomic mass is 10.1. The van der Waals surface area contributed by atoms with E-state index >= 15 is 0 Å². The molecule has 1 saturated heterocycles. The second-order valence-corrected chi connectivity index (χ2v) is 7.96. The fraction of sp³-hybridized carbons (Fsp3) is 0.250. The van der Waals surface area contributed by atoms with Crippen LogP contribution < -0.4 is 14.8 Å². The van der Waals surface area contributed by atoms with Gasteiger partial charge in [-0.2, -0.15) is 5.26 Å². The third-order valence-corrected chi connectivity index (χ3v) is 6.21. The number of amides is 2. The Hall–Kier alpha value is -2.70. The molecule has 1 unspecified atom stereocenters. The van der Waals surface area contributed by atoms with Crippen molar-refractivity contribution in [3.63, 3.8) is 0 Å². The number of nitriles is 1. The van der Waals surface area contributed by atoms with Crippen molar-refractivity contribution in [1.29, 1.82) is 5.26 Å². The van der Waals surface area contributed by atoms with Gasteiger partial charge in [-0.1, -0.05) is 0 Å². The maximum absolute atomic E-state index is 13.1. The van der Waals surface area contributed by atoms with Crippen molar-refractivity contribution in [2.45, 2.75) is 6.04 Å². The largest absolute Gasteiger partial charge is 0.495 e. The topological polar surface area (TPSA) is 91.7 Å². The van der Waals surface area contributed by atoms with Crippen molar-refractivity contribution in [3.05, 3.63) is 52.0 Å². The number of nitrogens with one attached hydrogen (secondary N) is 1. The van der Waals surface area contributed by atoms with E-state index in [-0.39, 0.29) is 11.8 Å². The number of hydrogen-bond acceptors (Lipinski definition) is 6. The smallest absolute Gasteiger partial charge is 0.255 e. The predicted molar refractivity (Wildman–Crippen MR) is 114 cm³/mol. The highest BCUT2D eigenvalue weighted by atomic mass is 79.9. The minimum atomic E-state index is -0.608. The number of nitrogens with zero attached hydrogens (tertiary/aromatic N) is 2. The van der Waals surface area contributed by atoms with Crippen LogP contribution in [0.4, 0.5) is 5.69 Å². The molecule has 1 fully saturated rings. The first kappa shape index (κ1) is 21.0. The summed E-state index contributed by atoms with van der Waals surface area (Å²) < 4.78 is 11.2. The van der Waals surface area contributed by atoms with Crippen LogP contribution in [0.2, 0.25) is 0 Å². The lowest BCUT2D eigenvalue weighted by Gasteiger charge is -2.24. The SMILES string of the molecule is COc1cc(C(=O)N2CSCC2C(=O)Nc2ccc(C#N)cc2)cc(OC)c1Br. The van der Waals surface area contributed by atoms with Gasteiger partial charge in [0.25, 0.3) is 5.91 Å². The summed E-state index contributed by atoms with van der Waals surface area (Å²) in [6.07, 6.45) is 0. The number of carbonyl (C=O) groups is 2. The number of rotatable bonds is 5. The van der Waals surface area contributed by atoms with Crippen molar-refractivity contribution in [1.82, 2.24) is 4.90 Å². The molecule has 9 heteroatoms. The Labute approximate surface area is 181 Å². The Morgan fingerprint density at radius 2 is 1.83 bits per heavy atom. The third-order valence-electron chi connectivity index (χ3n) is 4.42. The number of benzene rings is 2. The van der Waals surface area contributed by atoms with Crippen molar-refractivity contribution < 1.29 is 19.1 Å². The summed E-state index contributed by atoms with van der Waals surface area (Å²) in [5, 5.41) is 11.7. The molecule has 1 heterocycles. The van der Waals surface area contributed by atoms with Crippen LogP contribution >= 0.6 is 27.7 Å². The molecule has 0 radical (unpaired) electrons. The fourth-order valence-electron chi connectivity index (χ4n) is 2.87. The van der Waals surface area contributed by atoms with Crippen molar-refractivity contribution in [2.24, 2.45) is 0 Å². The predicted octanol–water partition coefficient (Wildman–Crippen LogP) is 3.49. The minimum absolute atomic E-state index is 0.274. The molecule has 1 aliphatic rings. The molecule has 29 heavy (non-hydrogen) atoms. The van der Waals surface area contributed by atoms with Gasteiger partial charge in [-0.25, -0.2) is 0 Å². The highest BCUT2D eigenvalue weighted by Crippen LogP contribution is 2.36. The van der Waals surface area contributed by atoms with Crippen LogP contribution in [0.15, 0.2) is 40.9 Å². The highest BCUT2D eigenvalue weighted by molar-refractivity contribution is 9.10. The second-order valence-electron chi connectivity index (χ2n) is 6.16. The lowest BCUT2D eigenvalue weighted by molar-refractivity contribution is -0.119. The number of ether oxygens (including phenoxy) is 2. The van der Waals surface area contributed by atoms with Gasteiger partial charge in [0.05, 0.1) is 31.7 Å². The first-order valence-electron chi connectivity index (χ1n) is 8.59. The Morgan fingerprint density at radius 3 is 2.38 bits per heavy atom. The van der Waals surface area contributed by atoms with Crippen LogP contribution in [0.25, 0.3) is 0 Å². The van der Waals surface area contributed by atoms with Gasteiger partial charge in [0, 0.05) is 17.0 Å². The van der Waals surface area contributed by atoms with E-state index in [1.165, 1.54) is 30.9 Å². The molecule has 0 bridgehead atoms. The molecule has 1 aliphatic heterocycles. The zero-order valence-electron chi connectivity index (χ0n) is 15.8. The number of thioether (sulfide) groups is 1. The van der Waals surface area contributed by atoms with Crippen LogP contribution in [0.3, 0.4) is 0 Å². The third kappa shape index (κ3) is 4.49. The fourth-order valence-corrected chi connectivity index (χ4v) is 4.58. The second kappa shape index (κ2) is 9.20. The molecule has 2 amide bonds. The Bertz CT molecular complexity index is 950. The number of hydrogen-bond donors (Lipinski definition) is 1. The molecule has 0 aromatic heterocycles. The quantitative estimate of drug-likeness (QED) is 0.711. The van der Waals surface area contributed by atoms with Gasteiger partial charge in [-0.05, 0) is 52.3 Å². The van der Waals surface area contributed by atoms with Crippen LogP contribution in [0, 0.1) is 11.3 Å². The van der Waals surface area contributed by atoms with Crippen molar-refractivity contribution in [3.8, 4) is 17.6 Å². The van der Waals surface area contributed by atoms with E-state index in [1.54, 1.807) is 36.4 Å². The molecule has 0 spiro atoms. The van der Waals surface area contributed by atoms with E-state index in [9.17, 15) is 9.59 Å². The van der Waals surface area contributed by atoms with Crippen LogP contribution in [0.5, 0.6) is 11.5 Å². The summed E-state index contributed by atoms with van der Waals surface area (Å²) in [6.45, 7) is 0. The summed E-state index contributed by atoms with van der Waals surface area (Å²) in [6, 6.07) is 11.2. The number of anilines is 1. The van der Waals surface area contributed by atoms with E-state index in [0.29, 0.717) is 44.4 Å². The molecule has 2 aromatic rings. The molecule has 0 saturated carbocycles. The number of methoxy groups -OCH3 is 2. The zero-order chi connectivity index (χ0) is 21.0. The monoisotopic (exact) mass is 475 g/mol. The van der Waals surface area contributed by atoms with Gasteiger partial charge in [-0.3, -0.25) is 9.59 Å². The van der Waals surface area contributed by atoms with E-state index in [4.69, 9.17) is 14.7 Å². The summed E-state index contributed by atoms with van der Waals surface area (Å²) in [5.41, 5.74) is 1.46.